The Kier molecular flexibility index (Phi) is 13.9. The second-order valence-electron chi connectivity index (χ2n) is 15.0. The van der Waals surface area contributed by atoms with E-state index in [4.69, 9.17) is 0 Å². The lowest BCUT2D eigenvalue weighted by Gasteiger charge is -2.26. The van der Waals surface area contributed by atoms with E-state index in [1.54, 1.807) is 24.3 Å². The molecule has 0 atom stereocenters. The van der Waals surface area contributed by atoms with Gasteiger partial charge in [0.25, 0.3) is 0 Å². The van der Waals surface area contributed by atoms with Crippen molar-refractivity contribution >= 4 is 0 Å². The molecule has 6 rings (SSSR count). The molecule has 2 nitrogen and oxygen atoms in total. The Morgan fingerprint density at radius 1 is 0.491 bits per heavy atom. The first-order chi connectivity index (χ1) is 25.2. The first-order valence-corrected chi connectivity index (χ1v) is 18.8. The summed E-state index contributed by atoms with van der Waals surface area (Å²) in [6.45, 7) is 4.64. The van der Waals surface area contributed by atoms with Crippen molar-refractivity contribution < 1.29 is 40.2 Å². The fourth-order valence-electron chi connectivity index (χ4n) is 7.47. The van der Waals surface area contributed by atoms with Gasteiger partial charge in [0, 0.05) is 5.56 Å². The molecule has 286 valence electrons. The van der Waals surface area contributed by atoms with E-state index in [9.17, 15) is 30.7 Å². The summed E-state index contributed by atoms with van der Waals surface area (Å²) in [6, 6.07) is 24.7. The van der Waals surface area contributed by atoms with E-state index < -0.39 is 12.7 Å². The van der Waals surface area contributed by atoms with E-state index in [-0.39, 0.29) is 17.3 Å². The van der Waals surface area contributed by atoms with Crippen LogP contribution in [0.3, 0.4) is 0 Å². The average molecular weight is 743 g/mol. The molecule has 0 heterocycles. The number of aryl methyl sites for hydroxylation is 2. The van der Waals surface area contributed by atoms with Crippen molar-refractivity contribution in [3.05, 3.63) is 108 Å². The first kappa shape index (κ1) is 40.2. The highest BCUT2D eigenvalue weighted by Crippen LogP contribution is 2.34. The van der Waals surface area contributed by atoms with Gasteiger partial charge in [-0.05, 0) is 108 Å². The molecule has 0 aliphatic heterocycles. The molecular formula is C44H49F7O2. The molecule has 2 aliphatic carbocycles. The summed E-state index contributed by atoms with van der Waals surface area (Å²) in [5, 5.41) is 0. The number of benzene rings is 4. The van der Waals surface area contributed by atoms with Crippen LogP contribution in [-0.4, -0.2) is 12.7 Å². The normalized spacial score (nSPS) is 20.6. The van der Waals surface area contributed by atoms with Crippen LogP contribution in [0.2, 0.25) is 0 Å². The molecule has 0 saturated heterocycles. The molecule has 4 aromatic rings. The summed E-state index contributed by atoms with van der Waals surface area (Å²) < 4.78 is 95.6. The molecule has 53 heavy (non-hydrogen) atoms. The summed E-state index contributed by atoms with van der Waals surface area (Å²) >= 11 is 0. The molecular weight excluding hydrogens is 693 g/mol. The van der Waals surface area contributed by atoms with Crippen LogP contribution in [0.4, 0.5) is 30.7 Å². The van der Waals surface area contributed by atoms with Crippen molar-refractivity contribution in [3.8, 4) is 33.8 Å². The van der Waals surface area contributed by atoms with E-state index in [2.05, 4.69) is 35.5 Å². The monoisotopic (exact) mass is 742 g/mol. The molecule has 2 aliphatic rings. The zero-order chi connectivity index (χ0) is 38.0. The Bertz CT molecular complexity index is 1680. The predicted octanol–water partition coefficient (Wildman–Crippen LogP) is 14.2. The van der Waals surface area contributed by atoms with Gasteiger partial charge in [-0.2, -0.15) is 0 Å². The second-order valence-corrected chi connectivity index (χ2v) is 15.0. The third-order valence-corrected chi connectivity index (χ3v) is 10.8. The molecule has 0 unspecified atom stereocenters. The SMILES string of the molecule is CC1CCC(CCc2ccc(-c3ccc(OC(F)(F)F)cc3)c(F)c2)CC1.CC1CCC(CCc2ccc(-c3ccc(OC(F)(F)F)cc3)cc2)CC1. The number of alkyl halides is 6. The molecule has 0 aromatic heterocycles. The van der Waals surface area contributed by atoms with Crippen molar-refractivity contribution in [1.82, 2.24) is 0 Å². The van der Waals surface area contributed by atoms with Gasteiger partial charge in [0.15, 0.2) is 0 Å². The van der Waals surface area contributed by atoms with Crippen molar-refractivity contribution in [2.75, 3.05) is 0 Å². The number of hydrogen-bond acceptors (Lipinski definition) is 2. The van der Waals surface area contributed by atoms with Crippen LogP contribution in [0.1, 0.15) is 89.2 Å². The number of halogens is 7. The van der Waals surface area contributed by atoms with E-state index in [0.717, 1.165) is 59.6 Å². The molecule has 0 spiro atoms. The lowest BCUT2D eigenvalue weighted by molar-refractivity contribution is -0.275. The molecule has 9 heteroatoms. The van der Waals surface area contributed by atoms with Crippen LogP contribution in [0.25, 0.3) is 22.3 Å². The smallest absolute Gasteiger partial charge is 0.406 e. The van der Waals surface area contributed by atoms with Crippen LogP contribution in [0.5, 0.6) is 11.5 Å². The Balaban J connectivity index is 0.000000204. The number of rotatable bonds is 10. The quantitative estimate of drug-likeness (QED) is 0.151. The number of hydrogen-bond donors (Lipinski definition) is 0. The van der Waals surface area contributed by atoms with Gasteiger partial charge in [0.1, 0.15) is 17.3 Å². The van der Waals surface area contributed by atoms with Gasteiger partial charge in [-0.1, -0.05) is 126 Å². The molecule has 0 amide bonds. The standard InChI is InChI=1S/C22H24F4O.C22H25F3O/c1-15-2-4-16(5-3-15)6-7-17-8-13-20(21(23)14-17)18-9-11-19(12-10-18)27-22(24,25)26;1-16-2-4-17(5-3-16)6-7-18-8-10-19(11-9-18)20-12-14-21(15-13-20)26-22(23,24)25/h8-16H,2-7H2,1H3;8-17H,2-7H2,1H3. The predicted molar refractivity (Wildman–Crippen MR) is 196 cm³/mol. The van der Waals surface area contributed by atoms with Gasteiger partial charge >= 0.3 is 12.7 Å². The molecule has 0 radical (unpaired) electrons. The highest BCUT2D eigenvalue weighted by atomic mass is 19.4. The van der Waals surface area contributed by atoms with Gasteiger partial charge < -0.3 is 9.47 Å². The highest BCUT2D eigenvalue weighted by Gasteiger charge is 2.31. The second kappa shape index (κ2) is 18.4. The van der Waals surface area contributed by atoms with Crippen molar-refractivity contribution in [3.63, 3.8) is 0 Å². The van der Waals surface area contributed by atoms with Gasteiger partial charge in [-0.25, -0.2) is 4.39 Å². The summed E-state index contributed by atoms with van der Waals surface area (Å²) in [5.74, 6) is 2.43. The van der Waals surface area contributed by atoms with Crippen molar-refractivity contribution in [1.29, 1.82) is 0 Å². The highest BCUT2D eigenvalue weighted by molar-refractivity contribution is 5.66. The van der Waals surface area contributed by atoms with Crippen LogP contribution in [-0.2, 0) is 12.8 Å². The van der Waals surface area contributed by atoms with E-state index in [0.29, 0.717) is 11.1 Å². The van der Waals surface area contributed by atoms with Crippen LogP contribution in [0, 0.1) is 29.5 Å². The van der Waals surface area contributed by atoms with Crippen LogP contribution in [0.15, 0.2) is 91.0 Å². The lowest BCUT2D eigenvalue weighted by atomic mass is 9.80. The summed E-state index contributed by atoms with van der Waals surface area (Å²) in [6.07, 6.45) is 5.40. The van der Waals surface area contributed by atoms with Gasteiger partial charge in [0.2, 0.25) is 0 Å². The minimum absolute atomic E-state index is 0.195. The largest absolute Gasteiger partial charge is 0.573 e. The first-order valence-electron chi connectivity index (χ1n) is 18.8. The average Bonchev–Trinajstić information content (AvgIpc) is 3.11. The molecule has 2 saturated carbocycles. The Morgan fingerprint density at radius 3 is 1.28 bits per heavy atom. The molecule has 2 fully saturated rings. The van der Waals surface area contributed by atoms with Crippen LogP contribution >= 0.6 is 0 Å². The minimum atomic E-state index is -4.73. The fraction of sp³-hybridized carbons (Fsp3) is 0.455. The Morgan fingerprint density at radius 2 is 0.868 bits per heavy atom. The Hall–Kier alpha value is -4.01. The maximum absolute atomic E-state index is 14.5. The van der Waals surface area contributed by atoms with E-state index in [1.807, 2.05) is 18.2 Å². The Labute approximate surface area is 308 Å². The van der Waals surface area contributed by atoms with E-state index >= 15 is 0 Å². The van der Waals surface area contributed by atoms with Gasteiger partial charge in [-0.15, -0.1) is 26.3 Å². The topological polar surface area (TPSA) is 18.5 Å². The van der Waals surface area contributed by atoms with Gasteiger partial charge in [0.05, 0.1) is 0 Å². The number of ether oxygens (including phenoxy) is 2. The van der Waals surface area contributed by atoms with Crippen LogP contribution < -0.4 is 9.47 Å². The van der Waals surface area contributed by atoms with E-state index in [1.165, 1.54) is 99.7 Å². The van der Waals surface area contributed by atoms with Gasteiger partial charge in [-0.3, -0.25) is 0 Å². The zero-order valence-electron chi connectivity index (χ0n) is 30.4. The zero-order valence-corrected chi connectivity index (χ0v) is 30.4. The lowest BCUT2D eigenvalue weighted by Crippen LogP contribution is -2.16. The maximum Gasteiger partial charge on any atom is 0.573 e. The molecule has 0 bridgehead atoms. The summed E-state index contributed by atoms with van der Waals surface area (Å²) in [5.41, 5.74) is 5.07. The summed E-state index contributed by atoms with van der Waals surface area (Å²) in [4.78, 5) is 0. The summed E-state index contributed by atoms with van der Waals surface area (Å²) in [7, 11) is 0. The van der Waals surface area contributed by atoms with Crippen molar-refractivity contribution in [2.45, 2.75) is 104 Å². The fourth-order valence-corrected chi connectivity index (χ4v) is 7.47. The third kappa shape index (κ3) is 13.4. The van der Waals surface area contributed by atoms with Crippen molar-refractivity contribution in [2.24, 2.45) is 23.7 Å². The third-order valence-electron chi connectivity index (χ3n) is 10.8. The molecule has 0 N–H and O–H groups in total. The molecule has 4 aromatic carbocycles. The maximum atomic E-state index is 14.5. The minimum Gasteiger partial charge on any atom is -0.406 e.